The molecular weight excluding hydrogens is 267 g/mol. The van der Waals surface area contributed by atoms with Crippen LogP contribution in [0.15, 0.2) is 5.10 Å². The second-order valence-corrected chi connectivity index (χ2v) is 5.72. The average Bonchev–Trinajstić information content (AvgIpc) is 2.34. The number of carbonyl (C=O) groups excluding carboxylic acids is 1. The summed E-state index contributed by atoms with van der Waals surface area (Å²) in [5, 5.41) is 6.05. The van der Waals surface area contributed by atoms with Crippen molar-refractivity contribution < 1.29 is 18.6 Å². The van der Waals surface area contributed by atoms with Crippen molar-refractivity contribution >= 4 is 20.1 Å². The number of carbonyl (C=O) groups is 1. The first-order valence-electron chi connectivity index (χ1n) is 6.30. The molecule has 0 aromatic rings. The molecule has 112 valence electrons. The van der Waals surface area contributed by atoms with E-state index < -0.39 is 8.38 Å². The number of methoxy groups -OCH3 is 1. The Balaban J connectivity index is 5.04. The maximum absolute atomic E-state index is 11.5. The molecule has 0 aliphatic rings. The lowest BCUT2D eigenvalue weighted by Crippen LogP contribution is -2.25. The molecule has 0 radical (unpaired) electrons. The fraction of sp³-hybridized carbons (Fsp3) is 0.833. The van der Waals surface area contributed by atoms with Crippen molar-refractivity contribution in [2.75, 3.05) is 34.4 Å². The van der Waals surface area contributed by atoms with E-state index in [4.69, 9.17) is 13.8 Å². The number of rotatable bonds is 9. The molecule has 0 aromatic heterocycles. The molecule has 0 aliphatic heterocycles. The molecule has 0 amide bonds. The molecule has 0 bridgehead atoms. The van der Waals surface area contributed by atoms with Crippen LogP contribution in [0.5, 0.6) is 0 Å². The molecule has 0 N–H and O–H groups in total. The zero-order chi connectivity index (χ0) is 14.8. The maximum atomic E-state index is 11.5. The Hall–Kier alpha value is -0.710. The summed E-state index contributed by atoms with van der Waals surface area (Å²) in [7, 11) is 3.86. The Morgan fingerprint density at radius 3 is 2.16 bits per heavy atom. The largest absolute Gasteiger partial charge is 0.469 e. The van der Waals surface area contributed by atoms with E-state index in [2.05, 4.69) is 5.10 Å². The van der Waals surface area contributed by atoms with Crippen molar-refractivity contribution in [3.05, 3.63) is 0 Å². The third-order valence-electron chi connectivity index (χ3n) is 2.19. The zero-order valence-corrected chi connectivity index (χ0v) is 13.6. The Kier molecular flexibility index (Phi) is 9.74. The van der Waals surface area contributed by atoms with Gasteiger partial charge in [-0.15, -0.1) is 0 Å². The first-order chi connectivity index (χ1) is 8.96. The molecule has 7 heteroatoms. The lowest BCUT2D eigenvalue weighted by atomic mass is 10.2. The third-order valence-corrected chi connectivity index (χ3v) is 4.29. The molecule has 0 aromatic carbocycles. The topological polar surface area (TPSA) is 60.4 Å². The molecular formula is C12H25N2O4P. The number of esters is 1. The van der Waals surface area contributed by atoms with Gasteiger partial charge in [-0.2, -0.15) is 5.10 Å². The first-order valence-corrected chi connectivity index (χ1v) is 7.55. The Bertz CT molecular complexity index is 291. The van der Waals surface area contributed by atoms with Crippen LogP contribution in [0.3, 0.4) is 0 Å². The van der Waals surface area contributed by atoms with Gasteiger partial charge in [-0.25, -0.2) is 0 Å². The van der Waals surface area contributed by atoms with Crippen LogP contribution in [0.4, 0.5) is 0 Å². The fourth-order valence-electron chi connectivity index (χ4n) is 1.47. The molecule has 1 atom stereocenters. The highest BCUT2D eigenvalue weighted by Gasteiger charge is 2.29. The fourth-order valence-corrected chi connectivity index (χ4v) is 3.07. The number of hydrazone groups is 1. The van der Waals surface area contributed by atoms with E-state index in [9.17, 15) is 4.79 Å². The number of hydrogen-bond donors (Lipinski definition) is 0. The minimum absolute atomic E-state index is 0.190. The van der Waals surface area contributed by atoms with E-state index in [1.165, 1.54) is 7.11 Å². The van der Waals surface area contributed by atoms with Crippen LogP contribution < -0.4 is 0 Å². The third kappa shape index (κ3) is 7.45. The smallest absolute Gasteiger partial charge is 0.306 e. The monoisotopic (exact) mass is 292 g/mol. The highest BCUT2D eigenvalue weighted by atomic mass is 31.2. The summed E-state index contributed by atoms with van der Waals surface area (Å²) in [5.74, 6) is -0.287. The van der Waals surface area contributed by atoms with Crippen molar-refractivity contribution in [1.29, 1.82) is 0 Å². The van der Waals surface area contributed by atoms with E-state index in [0.717, 1.165) is 5.71 Å². The summed E-state index contributed by atoms with van der Waals surface area (Å²) in [6.45, 7) is 6.77. The molecule has 19 heavy (non-hydrogen) atoms. The highest BCUT2D eigenvalue weighted by molar-refractivity contribution is 7.49. The van der Waals surface area contributed by atoms with Crippen molar-refractivity contribution in [3.63, 3.8) is 0 Å². The van der Waals surface area contributed by atoms with Gasteiger partial charge in [-0.1, -0.05) is 0 Å². The second kappa shape index (κ2) is 10.1. The predicted octanol–water partition coefficient (Wildman–Crippen LogP) is 2.24. The summed E-state index contributed by atoms with van der Waals surface area (Å²) in [6.07, 6.45) is 0.214. The standard InChI is InChI=1S/C12H25N2O4P/c1-7-17-19(18-8-2)11(9-12(15)16-6)10(3)13-14(4)5/h11H,7-9H2,1-6H3/b13-10+. The van der Waals surface area contributed by atoms with E-state index in [1.807, 2.05) is 34.9 Å². The molecule has 0 saturated carbocycles. The van der Waals surface area contributed by atoms with Gasteiger partial charge >= 0.3 is 5.97 Å². The summed E-state index contributed by atoms with van der Waals surface area (Å²) >= 11 is 0. The molecule has 0 aliphatic carbocycles. The summed E-state index contributed by atoms with van der Waals surface area (Å²) in [5.41, 5.74) is 0.619. The number of nitrogens with zero attached hydrogens (tertiary/aromatic N) is 2. The van der Waals surface area contributed by atoms with Crippen LogP contribution >= 0.6 is 8.38 Å². The molecule has 0 rings (SSSR count). The summed E-state index contributed by atoms with van der Waals surface area (Å²) in [6, 6.07) is 0. The van der Waals surface area contributed by atoms with Crippen molar-refractivity contribution in [2.24, 2.45) is 5.10 Å². The van der Waals surface area contributed by atoms with Crippen molar-refractivity contribution in [3.8, 4) is 0 Å². The number of ether oxygens (including phenoxy) is 1. The van der Waals surface area contributed by atoms with Gasteiger partial charge < -0.3 is 18.8 Å². The second-order valence-electron chi connectivity index (χ2n) is 4.01. The van der Waals surface area contributed by atoms with Crippen LogP contribution in [0, 0.1) is 0 Å². The Morgan fingerprint density at radius 1 is 1.26 bits per heavy atom. The van der Waals surface area contributed by atoms with Crippen LogP contribution in [0.1, 0.15) is 27.2 Å². The average molecular weight is 292 g/mol. The summed E-state index contributed by atoms with van der Waals surface area (Å²) < 4.78 is 16.0. The molecule has 0 heterocycles. The van der Waals surface area contributed by atoms with Crippen molar-refractivity contribution in [2.45, 2.75) is 32.9 Å². The van der Waals surface area contributed by atoms with E-state index in [0.29, 0.717) is 13.2 Å². The quantitative estimate of drug-likeness (QED) is 0.282. The van der Waals surface area contributed by atoms with Gasteiger partial charge in [0.05, 0.1) is 32.4 Å². The van der Waals surface area contributed by atoms with E-state index in [1.54, 1.807) is 5.01 Å². The van der Waals surface area contributed by atoms with Gasteiger partial charge in [0.2, 0.25) is 0 Å². The van der Waals surface area contributed by atoms with Gasteiger partial charge in [0.25, 0.3) is 0 Å². The Morgan fingerprint density at radius 2 is 1.79 bits per heavy atom. The van der Waals surface area contributed by atoms with Crippen LogP contribution in [0.25, 0.3) is 0 Å². The lowest BCUT2D eigenvalue weighted by molar-refractivity contribution is -0.140. The van der Waals surface area contributed by atoms with E-state index in [-0.39, 0.29) is 18.0 Å². The normalized spacial score (nSPS) is 13.5. The SMILES string of the molecule is CCOP(OCC)C(CC(=O)OC)/C(C)=N/N(C)C. The van der Waals surface area contributed by atoms with Crippen molar-refractivity contribution in [1.82, 2.24) is 5.01 Å². The molecule has 0 saturated heterocycles. The molecule has 6 nitrogen and oxygen atoms in total. The molecule has 0 fully saturated rings. The summed E-state index contributed by atoms with van der Waals surface area (Å²) in [4.78, 5) is 11.5. The predicted molar refractivity (Wildman–Crippen MR) is 77.4 cm³/mol. The zero-order valence-electron chi connectivity index (χ0n) is 12.7. The molecule has 0 spiro atoms. The first kappa shape index (κ1) is 18.3. The minimum atomic E-state index is -1.19. The Labute approximate surface area is 117 Å². The van der Waals surface area contributed by atoms with E-state index >= 15 is 0 Å². The van der Waals surface area contributed by atoms with Crippen LogP contribution in [-0.4, -0.2) is 56.8 Å². The van der Waals surface area contributed by atoms with Gasteiger partial charge in [0.15, 0.2) is 8.38 Å². The van der Waals surface area contributed by atoms with Gasteiger partial charge in [-0.05, 0) is 20.8 Å². The maximum Gasteiger partial charge on any atom is 0.306 e. The van der Waals surface area contributed by atoms with Gasteiger partial charge in [0.1, 0.15) is 0 Å². The lowest BCUT2D eigenvalue weighted by Gasteiger charge is -2.25. The van der Waals surface area contributed by atoms with Crippen LogP contribution in [-0.2, 0) is 18.6 Å². The number of hydrogen-bond acceptors (Lipinski definition) is 6. The van der Waals surface area contributed by atoms with Crippen LogP contribution in [0.2, 0.25) is 0 Å². The highest BCUT2D eigenvalue weighted by Crippen LogP contribution is 2.46. The van der Waals surface area contributed by atoms with Gasteiger partial charge in [-0.3, -0.25) is 4.79 Å². The molecule has 1 unspecified atom stereocenters. The minimum Gasteiger partial charge on any atom is -0.469 e. The van der Waals surface area contributed by atoms with Gasteiger partial charge in [0, 0.05) is 19.8 Å².